The van der Waals surface area contributed by atoms with E-state index in [0.29, 0.717) is 17.0 Å². The molecule has 0 unspecified atom stereocenters. The predicted octanol–water partition coefficient (Wildman–Crippen LogP) is 1.70. The zero-order chi connectivity index (χ0) is 13.9. The van der Waals surface area contributed by atoms with Crippen molar-refractivity contribution in [3.05, 3.63) is 41.7 Å². The number of aromatic nitrogens is 1. The van der Waals surface area contributed by atoms with Crippen LogP contribution in [0.2, 0.25) is 0 Å². The summed E-state index contributed by atoms with van der Waals surface area (Å²) >= 11 is 0. The van der Waals surface area contributed by atoms with Crippen molar-refractivity contribution in [3.63, 3.8) is 0 Å². The van der Waals surface area contributed by atoms with Crippen molar-refractivity contribution in [1.29, 1.82) is 0 Å². The van der Waals surface area contributed by atoms with Gasteiger partial charge in [-0.2, -0.15) is 0 Å². The van der Waals surface area contributed by atoms with Crippen LogP contribution in [-0.2, 0) is 0 Å². The molecule has 0 saturated carbocycles. The van der Waals surface area contributed by atoms with Crippen LogP contribution in [0.4, 0.5) is 0 Å². The van der Waals surface area contributed by atoms with Gasteiger partial charge in [-0.3, -0.25) is 4.79 Å². The van der Waals surface area contributed by atoms with E-state index in [0.717, 1.165) is 31.7 Å². The van der Waals surface area contributed by atoms with Crippen LogP contribution in [0.15, 0.2) is 34.9 Å². The van der Waals surface area contributed by atoms with Crippen LogP contribution < -0.4 is 5.32 Å². The molecule has 1 aliphatic heterocycles. The molecule has 0 spiro atoms. The molecule has 1 N–H and O–H groups in total. The Morgan fingerprint density at radius 2 is 1.95 bits per heavy atom. The van der Waals surface area contributed by atoms with Gasteiger partial charge in [0, 0.05) is 31.7 Å². The Bertz CT molecular complexity index is 601. The first kappa shape index (κ1) is 12.9. The third-order valence-electron chi connectivity index (χ3n) is 3.53. The van der Waals surface area contributed by atoms with Crippen molar-refractivity contribution < 1.29 is 9.32 Å². The Balaban J connectivity index is 1.97. The maximum absolute atomic E-state index is 12.7. The Morgan fingerprint density at radius 3 is 2.65 bits per heavy atom. The fourth-order valence-electron chi connectivity index (χ4n) is 2.44. The molecule has 0 radical (unpaired) electrons. The highest BCUT2D eigenvalue weighted by Gasteiger charge is 2.26. The summed E-state index contributed by atoms with van der Waals surface area (Å²) in [6.07, 6.45) is 0. The van der Waals surface area contributed by atoms with Gasteiger partial charge in [-0.15, -0.1) is 0 Å². The monoisotopic (exact) mass is 271 g/mol. The van der Waals surface area contributed by atoms with E-state index in [4.69, 9.17) is 4.52 Å². The lowest BCUT2D eigenvalue weighted by molar-refractivity contribution is 0.0734. The number of piperazine rings is 1. The Labute approximate surface area is 117 Å². The van der Waals surface area contributed by atoms with Crippen molar-refractivity contribution >= 4 is 5.91 Å². The molecule has 5 nitrogen and oxygen atoms in total. The smallest absolute Gasteiger partial charge is 0.259 e. The molecule has 0 atom stereocenters. The first-order chi connectivity index (χ1) is 9.77. The molecule has 104 valence electrons. The molecular formula is C15H17N3O2. The zero-order valence-electron chi connectivity index (χ0n) is 11.4. The van der Waals surface area contributed by atoms with Crippen molar-refractivity contribution in [2.45, 2.75) is 6.92 Å². The number of nitrogens with zero attached hydrogens (tertiary/aromatic N) is 2. The zero-order valence-corrected chi connectivity index (χ0v) is 11.4. The van der Waals surface area contributed by atoms with Crippen molar-refractivity contribution in [2.75, 3.05) is 26.2 Å². The van der Waals surface area contributed by atoms with Crippen LogP contribution in [0.25, 0.3) is 11.3 Å². The molecular weight excluding hydrogens is 254 g/mol. The van der Waals surface area contributed by atoms with Gasteiger partial charge < -0.3 is 14.7 Å². The second kappa shape index (κ2) is 5.46. The van der Waals surface area contributed by atoms with E-state index in [2.05, 4.69) is 10.5 Å². The molecule has 1 aliphatic rings. The summed E-state index contributed by atoms with van der Waals surface area (Å²) in [6.45, 7) is 4.89. The minimum atomic E-state index is 0.00380. The second-order valence-electron chi connectivity index (χ2n) is 4.87. The van der Waals surface area contributed by atoms with Gasteiger partial charge in [-0.25, -0.2) is 0 Å². The minimum Gasteiger partial charge on any atom is -0.360 e. The summed E-state index contributed by atoms with van der Waals surface area (Å²) in [5, 5.41) is 7.31. The highest BCUT2D eigenvalue weighted by atomic mass is 16.5. The molecule has 1 aromatic heterocycles. The van der Waals surface area contributed by atoms with Crippen LogP contribution in [0.3, 0.4) is 0 Å². The van der Waals surface area contributed by atoms with Gasteiger partial charge in [0.15, 0.2) is 0 Å². The molecule has 20 heavy (non-hydrogen) atoms. The first-order valence-corrected chi connectivity index (χ1v) is 6.79. The molecule has 1 fully saturated rings. The number of hydrogen-bond donors (Lipinski definition) is 1. The van der Waals surface area contributed by atoms with E-state index in [-0.39, 0.29) is 5.91 Å². The lowest BCUT2D eigenvalue weighted by Crippen LogP contribution is -2.46. The van der Waals surface area contributed by atoms with E-state index in [1.807, 2.05) is 35.2 Å². The number of rotatable bonds is 2. The van der Waals surface area contributed by atoms with Crippen LogP contribution in [0.1, 0.15) is 16.1 Å². The molecule has 2 aromatic rings. The van der Waals surface area contributed by atoms with E-state index in [1.54, 1.807) is 6.92 Å². The summed E-state index contributed by atoms with van der Waals surface area (Å²) in [5.41, 5.74) is 2.12. The molecule has 2 heterocycles. The fourth-order valence-corrected chi connectivity index (χ4v) is 2.44. The fraction of sp³-hybridized carbons (Fsp3) is 0.333. The molecule has 1 aromatic carbocycles. The summed E-state index contributed by atoms with van der Waals surface area (Å²) in [5.74, 6) is 0.580. The van der Waals surface area contributed by atoms with E-state index >= 15 is 0 Å². The predicted molar refractivity (Wildman–Crippen MR) is 75.4 cm³/mol. The van der Waals surface area contributed by atoms with Gasteiger partial charge in [-0.1, -0.05) is 35.5 Å². The van der Waals surface area contributed by atoms with E-state index in [1.165, 1.54) is 0 Å². The Hall–Kier alpha value is -2.14. The van der Waals surface area contributed by atoms with Gasteiger partial charge in [-0.05, 0) is 6.92 Å². The summed E-state index contributed by atoms with van der Waals surface area (Å²) in [4.78, 5) is 14.5. The Kier molecular flexibility index (Phi) is 3.52. The average Bonchev–Trinajstić information content (AvgIpc) is 2.90. The largest absolute Gasteiger partial charge is 0.360 e. The van der Waals surface area contributed by atoms with Gasteiger partial charge in [0.05, 0.1) is 0 Å². The highest BCUT2D eigenvalue weighted by molar-refractivity contribution is 6.00. The number of nitrogens with one attached hydrogen (secondary N) is 1. The molecule has 1 saturated heterocycles. The minimum absolute atomic E-state index is 0.00380. The van der Waals surface area contributed by atoms with Gasteiger partial charge in [0.2, 0.25) is 0 Å². The number of aryl methyl sites for hydroxylation is 1. The number of carbonyl (C=O) groups excluding carboxylic acids is 1. The van der Waals surface area contributed by atoms with Crippen molar-refractivity contribution in [1.82, 2.24) is 15.4 Å². The normalized spacial score (nSPS) is 15.3. The summed E-state index contributed by atoms with van der Waals surface area (Å²) in [7, 11) is 0. The molecule has 1 amide bonds. The van der Waals surface area contributed by atoms with Crippen LogP contribution in [0, 0.1) is 6.92 Å². The number of carbonyl (C=O) groups is 1. The van der Waals surface area contributed by atoms with Gasteiger partial charge >= 0.3 is 0 Å². The lowest BCUT2D eigenvalue weighted by atomic mass is 10.0. The quantitative estimate of drug-likeness (QED) is 0.903. The molecule has 0 aliphatic carbocycles. The third-order valence-corrected chi connectivity index (χ3v) is 3.53. The highest BCUT2D eigenvalue weighted by Crippen LogP contribution is 2.26. The van der Waals surface area contributed by atoms with Gasteiger partial charge in [0.25, 0.3) is 5.91 Å². The van der Waals surface area contributed by atoms with E-state index in [9.17, 15) is 4.79 Å². The molecule has 3 rings (SSSR count). The van der Waals surface area contributed by atoms with Crippen LogP contribution in [-0.4, -0.2) is 42.1 Å². The number of benzene rings is 1. The maximum atomic E-state index is 12.7. The standard InChI is InChI=1S/C15H17N3O2/c1-11-13(15(19)18-9-7-16-8-10-18)14(17-20-11)12-5-3-2-4-6-12/h2-6,16H,7-10H2,1H3. The lowest BCUT2D eigenvalue weighted by Gasteiger charge is -2.27. The third kappa shape index (κ3) is 2.32. The molecule has 5 heteroatoms. The van der Waals surface area contributed by atoms with Gasteiger partial charge in [0.1, 0.15) is 17.0 Å². The maximum Gasteiger partial charge on any atom is 0.259 e. The van der Waals surface area contributed by atoms with Crippen molar-refractivity contribution in [2.24, 2.45) is 0 Å². The SMILES string of the molecule is Cc1onc(-c2ccccc2)c1C(=O)N1CCNCC1. The van der Waals surface area contributed by atoms with Crippen LogP contribution in [0.5, 0.6) is 0 Å². The van der Waals surface area contributed by atoms with Crippen molar-refractivity contribution in [3.8, 4) is 11.3 Å². The topological polar surface area (TPSA) is 58.4 Å². The van der Waals surface area contributed by atoms with Crippen LogP contribution >= 0.6 is 0 Å². The summed E-state index contributed by atoms with van der Waals surface area (Å²) < 4.78 is 5.25. The average molecular weight is 271 g/mol. The summed E-state index contributed by atoms with van der Waals surface area (Å²) in [6, 6.07) is 9.67. The van der Waals surface area contributed by atoms with E-state index < -0.39 is 0 Å². The first-order valence-electron chi connectivity index (χ1n) is 6.79. The number of hydrogen-bond acceptors (Lipinski definition) is 4. The number of amides is 1. The Morgan fingerprint density at radius 1 is 1.25 bits per heavy atom. The molecule has 0 bridgehead atoms. The second-order valence-corrected chi connectivity index (χ2v) is 4.87.